The largest absolute Gasteiger partial charge is 0.355 e. The lowest BCUT2D eigenvalue weighted by atomic mass is 10.3. The summed E-state index contributed by atoms with van der Waals surface area (Å²) in [5.74, 6) is 0.112. The Hall–Kier alpha value is -0.610. The first kappa shape index (κ1) is 15.4. The molecular formula is C12H27N3O. The molecule has 0 saturated carbocycles. The number of nitrogens with zero attached hydrogens (tertiary/aromatic N) is 1. The lowest BCUT2D eigenvalue weighted by molar-refractivity contribution is -0.120. The van der Waals surface area contributed by atoms with Crippen molar-refractivity contribution in [3.05, 3.63) is 0 Å². The van der Waals surface area contributed by atoms with Crippen molar-refractivity contribution in [3.63, 3.8) is 0 Å². The number of carbonyl (C=O) groups is 1. The maximum Gasteiger partial charge on any atom is 0.233 e. The highest BCUT2D eigenvalue weighted by Gasteiger charge is 1.98. The molecule has 0 aromatic carbocycles. The molecule has 4 nitrogen and oxygen atoms in total. The summed E-state index contributed by atoms with van der Waals surface area (Å²) in [5.41, 5.74) is 0. The van der Waals surface area contributed by atoms with E-state index in [0.29, 0.717) is 6.54 Å². The van der Waals surface area contributed by atoms with Crippen molar-refractivity contribution in [2.75, 3.05) is 40.3 Å². The molecule has 0 atom stereocenters. The van der Waals surface area contributed by atoms with Crippen LogP contribution in [0.25, 0.3) is 0 Å². The SMILES string of the molecule is CCCCNC(=O)CNCCCCN(C)C. The van der Waals surface area contributed by atoms with Crippen LogP contribution in [0.15, 0.2) is 0 Å². The molecule has 0 aliphatic carbocycles. The minimum absolute atomic E-state index is 0.112. The van der Waals surface area contributed by atoms with Crippen LogP contribution in [0.1, 0.15) is 32.6 Å². The third-order valence-electron chi connectivity index (χ3n) is 2.35. The van der Waals surface area contributed by atoms with Crippen molar-refractivity contribution in [1.29, 1.82) is 0 Å². The molecule has 0 fully saturated rings. The Labute approximate surface area is 99.8 Å². The Kier molecular flexibility index (Phi) is 10.5. The molecule has 0 spiro atoms. The first-order valence-corrected chi connectivity index (χ1v) is 6.29. The fourth-order valence-corrected chi connectivity index (χ4v) is 1.35. The predicted molar refractivity (Wildman–Crippen MR) is 68.6 cm³/mol. The summed E-state index contributed by atoms with van der Waals surface area (Å²) in [6.45, 7) is 5.41. The monoisotopic (exact) mass is 229 g/mol. The van der Waals surface area contributed by atoms with Crippen LogP contribution in [0.5, 0.6) is 0 Å². The summed E-state index contributed by atoms with van der Waals surface area (Å²) in [6.07, 6.45) is 4.49. The number of hydrogen-bond acceptors (Lipinski definition) is 3. The molecule has 4 heteroatoms. The number of nitrogens with one attached hydrogen (secondary N) is 2. The average Bonchev–Trinajstić information content (AvgIpc) is 2.23. The van der Waals surface area contributed by atoms with Gasteiger partial charge in [0.15, 0.2) is 0 Å². The van der Waals surface area contributed by atoms with Gasteiger partial charge in [0, 0.05) is 6.54 Å². The van der Waals surface area contributed by atoms with Crippen LogP contribution in [0, 0.1) is 0 Å². The number of rotatable bonds is 10. The van der Waals surface area contributed by atoms with Gasteiger partial charge in [0.25, 0.3) is 0 Å². The Morgan fingerprint density at radius 3 is 2.50 bits per heavy atom. The van der Waals surface area contributed by atoms with Gasteiger partial charge in [-0.15, -0.1) is 0 Å². The van der Waals surface area contributed by atoms with E-state index >= 15 is 0 Å². The zero-order valence-corrected chi connectivity index (χ0v) is 11.0. The van der Waals surface area contributed by atoms with E-state index in [1.54, 1.807) is 0 Å². The Balaban J connectivity index is 3.15. The van der Waals surface area contributed by atoms with Crippen LogP contribution < -0.4 is 10.6 Å². The number of amides is 1. The Bertz CT molecular complexity index is 172. The zero-order chi connectivity index (χ0) is 12.2. The first-order chi connectivity index (χ1) is 7.66. The minimum atomic E-state index is 0.112. The molecule has 0 radical (unpaired) electrons. The molecule has 0 aliphatic rings. The highest BCUT2D eigenvalue weighted by molar-refractivity contribution is 5.77. The van der Waals surface area contributed by atoms with Gasteiger partial charge in [-0.3, -0.25) is 4.79 Å². The van der Waals surface area contributed by atoms with E-state index in [1.165, 1.54) is 6.42 Å². The molecule has 0 bridgehead atoms. The Morgan fingerprint density at radius 1 is 1.12 bits per heavy atom. The minimum Gasteiger partial charge on any atom is -0.355 e. The maximum absolute atomic E-state index is 11.3. The second kappa shape index (κ2) is 10.9. The van der Waals surface area contributed by atoms with Crippen molar-refractivity contribution in [2.45, 2.75) is 32.6 Å². The third kappa shape index (κ3) is 11.5. The highest BCUT2D eigenvalue weighted by Crippen LogP contribution is 1.88. The molecule has 16 heavy (non-hydrogen) atoms. The van der Waals surface area contributed by atoms with Crippen LogP contribution >= 0.6 is 0 Å². The summed E-state index contributed by atoms with van der Waals surface area (Å²) in [5, 5.41) is 6.04. The van der Waals surface area contributed by atoms with Crippen LogP contribution in [0.3, 0.4) is 0 Å². The first-order valence-electron chi connectivity index (χ1n) is 6.29. The van der Waals surface area contributed by atoms with Gasteiger partial charge in [-0.05, 0) is 46.4 Å². The lowest BCUT2D eigenvalue weighted by Gasteiger charge is -2.09. The second-order valence-corrected chi connectivity index (χ2v) is 4.39. The zero-order valence-electron chi connectivity index (χ0n) is 11.0. The van der Waals surface area contributed by atoms with Crippen LogP contribution in [0.4, 0.5) is 0 Å². The third-order valence-corrected chi connectivity index (χ3v) is 2.35. The van der Waals surface area contributed by atoms with Gasteiger partial charge in [-0.1, -0.05) is 13.3 Å². The lowest BCUT2D eigenvalue weighted by Crippen LogP contribution is -2.34. The molecule has 1 amide bonds. The molecule has 0 aromatic heterocycles. The number of unbranched alkanes of at least 4 members (excludes halogenated alkanes) is 2. The van der Waals surface area contributed by atoms with Gasteiger partial charge in [0.05, 0.1) is 6.54 Å². The summed E-state index contributed by atoms with van der Waals surface area (Å²) >= 11 is 0. The summed E-state index contributed by atoms with van der Waals surface area (Å²) in [4.78, 5) is 13.5. The molecule has 2 N–H and O–H groups in total. The fourth-order valence-electron chi connectivity index (χ4n) is 1.35. The van der Waals surface area contributed by atoms with E-state index in [4.69, 9.17) is 0 Å². The van der Waals surface area contributed by atoms with E-state index in [9.17, 15) is 4.79 Å². The van der Waals surface area contributed by atoms with Crippen LogP contribution in [-0.4, -0.2) is 51.1 Å². The molecule has 0 rings (SSSR count). The normalized spacial score (nSPS) is 10.8. The van der Waals surface area contributed by atoms with Gasteiger partial charge < -0.3 is 15.5 Å². The van der Waals surface area contributed by atoms with Gasteiger partial charge in [-0.2, -0.15) is 0 Å². The van der Waals surface area contributed by atoms with Crippen molar-refractivity contribution in [1.82, 2.24) is 15.5 Å². The van der Waals surface area contributed by atoms with E-state index in [1.807, 2.05) is 0 Å². The summed E-state index contributed by atoms with van der Waals surface area (Å²) < 4.78 is 0. The highest BCUT2D eigenvalue weighted by atomic mass is 16.1. The maximum atomic E-state index is 11.3. The van der Waals surface area contributed by atoms with Crippen LogP contribution in [-0.2, 0) is 4.79 Å². The quantitative estimate of drug-likeness (QED) is 0.546. The van der Waals surface area contributed by atoms with E-state index < -0.39 is 0 Å². The number of carbonyl (C=O) groups excluding carboxylic acids is 1. The summed E-state index contributed by atoms with van der Waals surface area (Å²) in [7, 11) is 4.16. The smallest absolute Gasteiger partial charge is 0.233 e. The van der Waals surface area contributed by atoms with Crippen molar-refractivity contribution in [2.24, 2.45) is 0 Å². The molecule has 96 valence electrons. The molecule has 0 saturated heterocycles. The standard InChI is InChI=1S/C12H27N3O/c1-4-5-9-14-12(16)11-13-8-6-7-10-15(2)3/h13H,4-11H2,1-3H3,(H,14,16). The molecular weight excluding hydrogens is 202 g/mol. The second-order valence-electron chi connectivity index (χ2n) is 4.39. The molecule has 0 heterocycles. The van der Waals surface area contributed by atoms with Crippen molar-refractivity contribution in [3.8, 4) is 0 Å². The fraction of sp³-hybridized carbons (Fsp3) is 0.917. The summed E-state index contributed by atoms with van der Waals surface area (Å²) in [6, 6.07) is 0. The van der Waals surface area contributed by atoms with E-state index in [-0.39, 0.29) is 5.91 Å². The van der Waals surface area contributed by atoms with Gasteiger partial charge in [0.2, 0.25) is 5.91 Å². The molecule has 0 unspecified atom stereocenters. The van der Waals surface area contributed by atoms with Gasteiger partial charge >= 0.3 is 0 Å². The average molecular weight is 229 g/mol. The predicted octanol–water partition coefficient (Wildman–Crippen LogP) is 0.834. The van der Waals surface area contributed by atoms with Crippen molar-refractivity contribution < 1.29 is 4.79 Å². The van der Waals surface area contributed by atoms with E-state index in [2.05, 4.69) is 36.6 Å². The van der Waals surface area contributed by atoms with Crippen molar-refractivity contribution >= 4 is 5.91 Å². The van der Waals surface area contributed by atoms with Gasteiger partial charge in [-0.25, -0.2) is 0 Å². The topological polar surface area (TPSA) is 44.4 Å². The molecule has 0 aromatic rings. The van der Waals surface area contributed by atoms with E-state index in [0.717, 1.165) is 38.9 Å². The molecule has 0 aliphatic heterocycles. The van der Waals surface area contributed by atoms with Gasteiger partial charge in [0.1, 0.15) is 0 Å². The van der Waals surface area contributed by atoms with Crippen LogP contribution in [0.2, 0.25) is 0 Å². The Morgan fingerprint density at radius 2 is 1.88 bits per heavy atom. The number of hydrogen-bond donors (Lipinski definition) is 2.